The quantitative estimate of drug-likeness (QED) is 0.498. The molecule has 0 amide bonds. The first-order valence-corrected chi connectivity index (χ1v) is 9.89. The monoisotopic (exact) mass is 425 g/mol. The molecule has 3 heterocycles. The van der Waals surface area contributed by atoms with E-state index in [1.165, 1.54) is 18.5 Å². The Hall–Kier alpha value is -3.26. The minimum atomic E-state index is -0.268. The van der Waals surface area contributed by atoms with Crippen molar-refractivity contribution in [2.24, 2.45) is 7.05 Å². The minimum Gasteiger partial charge on any atom is -0.323 e. The smallest absolute Gasteiger partial charge is 0.159 e. The average Bonchev–Trinajstić information content (AvgIpc) is 3.19. The number of nitrogens with zero attached hydrogens (tertiary/aromatic N) is 6. The number of aryl methyl sites for hydroxylation is 2. The van der Waals surface area contributed by atoms with Gasteiger partial charge in [0, 0.05) is 24.2 Å². The van der Waals surface area contributed by atoms with Crippen molar-refractivity contribution < 1.29 is 4.39 Å². The zero-order valence-electron chi connectivity index (χ0n) is 17.1. The molecule has 3 aromatic heterocycles. The number of rotatable bonds is 5. The first-order chi connectivity index (χ1) is 14.4. The second-order valence-corrected chi connectivity index (χ2v) is 7.32. The minimum absolute atomic E-state index is 0.268. The predicted molar refractivity (Wildman–Crippen MR) is 115 cm³/mol. The van der Waals surface area contributed by atoms with Crippen molar-refractivity contribution in [3.05, 3.63) is 64.5 Å². The van der Waals surface area contributed by atoms with Crippen LogP contribution in [0.25, 0.3) is 17.1 Å². The molecule has 0 atom stereocenters. The number of aromatic nitrogens is 6. The first kappa shape index (κ1) is 20.0. The maximum absolute atomic E-state index is 13.3. The van der Waals surface area contributed by atoms with Crippen LogP contribution < -0.4 is 5.32 Å². The summed E-state index contributed by atoms with van der Waals surface area (Å²) in [5.74, 6) is 1.61. The number of halogens is 2. The van der Waals surface area contributed by atoms with Gasteiger partial charge in [0.05, 0.1) is 22.1 Å². The molecule has 0 saturated heterocycles. The van der Waals surface area contributed by atoms with Crippen molar-refractivity contribution in [3.63, 3.8) is 0 Å². The molecule has 0 saturated carbocycles. The highest BCUT2D eigenvalue weighted by Gasteiger charge is 2.18. The van der Waals surface area contributed by atoms with Crippen LogP contribution in [0.1, 0.15) is 23.9 Å². The third-order valence-corrected chi connectivity index (χ3v) is 5.48. The van der Waals surface area contributed by atoms with Gasteiger partial charge in [-0.25, -0.2) is 19.0 Å². The molecule has 154 valence electrons. The summed E-state index contributed by atoms with van der Waals surface area (Å²) in [5, 5.41) is 13.0. The molecule has 0 bridgehead atoms. The fourth-order valence-electron chi connectivity index (χ4n) is 3.47. The summed E-state index contributed by atoms with van der Waals surface area (Å²) in [7, 11) is 1.87. The van der Waals surface area contributed by atoms with Crippen molar-refractivity contribution >= 4 is 23.2 Å². The van der Waals surface area contributed by atoms with Gasteiger partial charge in [-0.05, 0) is 44.5 Å². The normalized spacial score (nSPS) is 11.1. The lowest BCUT2D eigenvalue weighted by molar-refractivity contribution is 0.628. The van der Waals surface area contributed by atoms with Gasteiger partial charge in [-0.3, -0.25) is 4.68 Å². The van der Waals surface area contributed by atoms with E-state index < -0.39 is 0 Å². The van der Waals surface area contributed by atoms with Gasteiger partial charge in [0.15, 0.2) is 11.6 Å². The van der Waals surface area contributed by atoms with Crippen molar-refractivity contribution in [2.75, 3.05) is 5.32 Å². The summed E-state index contributed by atoms with van der Waals surface area (Å²) < 4.78 is 16.8. The fraction of sp³-hybridized carbons (Fsp3) is 0.238. The molecule has 0 radical (unpaired) electrons. The van der Waals surface area contributed by atoms with E-state index in [-0.39, 0.29) is 5.82 Å². The Balaban J connectivity index is 1.71. The fourth-order valence-corrected chi connectivity index (χ4v) is 3.59. The standard InChI is InChI=1S/C21H21ClFN7/c1-5-16-20(14-6-8-15(23)9-7-14)29(4)28-21(16)26-17-10-18(25-11-24-17)30-13(3)19(22)12(2)27-30/h6-11H,5H2,1-4H3,(H,24,25,26,28). The Labute approximate surface area is 178 Å². The van der Waals surface area contributed by atoms with Crippen LogP contribution in [-0.4, -0.2) is 29.5 Å². The molecule has 4 aromatic rings. The Morgan fingerprint density at radius 2 is 1.83 bits per heavy atom. The van der Waals surface area contributed by atoms with Gasteiger partial charge in [-0.15, -0.1) is 0 Å². The molecule has 4 rings (SSSR count). The van der Waals surface area contributed by atoms with Crippen LogP contribution in [-0.2, 0) is 13.5 Å². The van der Waals surface area contributed by atoms with Crippen molar-refractivity contribution in [3.8, 4) is 17.1 Å². The molecule has 0 aliphatic carbocycles. The average molecular weight is 426 g/mol. The lowest BCUT2D eigenvalue weighted by Crippen LogP contribution is -2.05. The van der Waals surface area contributed by atoms with Crippen LogP contribution in [0.4, 0.5) is 16.0 Å². The van der Waals surface area contributed by atoms with Gasteiger partial charge >= 0.3 is 0 Å². The van der Waals surface area contributed by atoms with Gasteiger partial charge in [0.25, 0.3) is 0 Å². The molecule has 0 unspecified atom stereocenters. The Morgan fingerprint density at radius 1 is 1.10 bits per heavy atom. The third kappa shape index (κ3) is 3.54. The zero-order chi connectivity index (χ0) is 21.4. The summed E-state index contributed by atoms with van der Waals surface area (Å²) in [5.41, 5.74) is 4.39. The molecule has 1 N–H and O–H groups in total. The molecule has 0 aliphatic rings. The van der Waals surface area contributed by atoms with Crippen LogP contribution in [0.2, 0.25) is 5.02 Å². The van der Waals surface area contributed by atoms with E-state index in [1.54, 1.807) is 27.6 Å². The Morgan fingerprint density at radius 3 is 2.47 bits per heavy atom. The third-order valence-electron chi connectivity index (χ3n) is 4.94. The second-order valence-electron chi connectivity index (χ2n) is 6.94. The van der Waals surface area contributed by atoms with Crippen LogP contribution in [0, 0.1) is 19.7 Å². The summed E-state index contributed by atoms with van der Waals surface area (Å²) in [4.78, 5) is 8.64. The molecule has 0 aliphatic heterocycles. The maximum atomic E-state index is 13.3. The summed E-state index contributed by atoms with van der Waals surface area (Å²) >= 11 is 6.27. The first-order valence-electron chi connectivity index (χ1n) is 9.52. The van der Waals surface area contributed by atoms with E-state index >= 15 is 0 Å². The van der Waals surface area contributed by atoms with E-state index in [2.05, 4.69) is 32.4 Å². The van der Waals surface area contributed by atoms with Crippen LogP contribution in [0.3, 0.4) is 0 Å². The highest BCUT2D eigenvalue weighted by Crippen LogP contribution is 2.31. The number of nitrogens with one attached hydrogen (secondary N) is 1. The van der Waals surface area contributed by atoms with E-state index in [1.807, 2.05) is 20.9 Å². The molecule has 7 nitrogen and oxygen atoms in total. The Kier molecular flexibility index (Phi) is 5.26. The molecular weight excluding hydrogens is 405 g/mol. The van der Waals surface area contributed by atoms with Crippen LogP contribution in [0.15, 0.2) is 36.7 Å². The highest BCUT2D eigenvalue weighted by atomic mass is 35.5. The maximum Gasteiger partial charge on any atom is 0.159 e. The lowest BCUT2D eigenvalue weighted by atomic mass is 10.1. The van der Waals surface area contributed by atoms with Crippen LogP contribution >= 0.6 is 11.6 Å². The van der Waals surface area contributed by atoms with Crippen molar-refractivity contribution in [1.82, 2.24) is 29.5 Å². The van der Waals surface area contributed by atoms with Gasteiger partial charge in [-0.1, -0.05) is 18.5 Å². The topological polar surface area (TPSA) is 73.5 Å². The Bertz CT molecular complexity index is 1210. The summed E-state index contributed by atoms with van der Waals surface area (Å²) in [6.45, 7) is 5.80. The summed E-state index contributed by atoms with van der Waals surface area (Å²) in [6, 6.07) is 8.20. The SMILES string of the molecule is CCc1c(Nc2cc(-n3nc(C)c(Cl)c3C)ncn2)nn(C)c1-c1ccc(F)cc1. The highest BCUT2D eigenvalue weighted by molar-refractivity contribution is 6.31. The molecular formula is C21H21ClFN7. The van der Waals surface area contributed by atoms with E-state index in [0.717, 1.165) is 34.6 Å². The molecule has 0 spiro atoms. The molecule has 1 aromatic carbocycles. The largest absolute Gasteiger partial charge is 0.323 e. The van der Waals surface area contributed by atoms with Gasteiger partial charge in [0.1, 0.15) is 18.0 Å². The number of hydrogen-bond donors (Lipinski definition) is 1. The van der Waals surface area contributed by atoms with Gasteiger partial charge in [-0.2, -0.15) is 10.2 Å². The molecule has 0 fully saturated rings. The van der Waals surface area contributed by atoms with Crippen molar-refractivity contribution in [2.45, 2.75) is 27.2 Å². The zero-order valence-corrected chi connectivity index (χ0v) is 17.9. The second kappa shape index (κ2) is 7.87. The van der Waals surface area contributed by atoms with E-state index in [0.29, 0.717) is 22.5 Å². The summed E-state index contributed by atoms with van der Waals surface area (Å²) in [6.07, 6.45) is 2.21. The van der Waals surface area contributed by atoms with Gasteiger partial charge < -0.3 is 5.32 Å². The van der Waals surface area contributed by atoms with E-state index in [9.17, 15) is 4.39 Å². The lowest BCUT2D eigenvalue weighted by Gasteiger charge is -2.08. The van der Waals surface area contributed by atoms with Crippen molar-refractivity contribution in [1.29, 1.82) is 0 Å². The number of anilines is 2. The van der Waals surface area contributed by atoms with E-state index in [4.69, 9.17) is 11.6 Å². The number of hydrogen-bond acceptors (Lipinski definition) is 5. The predicted octanol–water partition coefficient (Wildman–Crippen LogP) is 4.78. The molecule has 9 heteroatoms. The van der Waals surface area contributed by atoms with Gasteiger partial charge in [0.2, 0.25) is 0 Å². The number of benzene rings is 1. The molecule has 30 heavy (non-hydrogen) atoms. The van der Waals surface area contributed by atoms with Crippen LogP contribution in [0.5, 0.6) is 0 Å².